The summed E-state index contributed by atoms with van der Waals surface area (Å²) in [5.74, 6) is 0.0322. The molecule has 0 aliphatic carbocycles. The van der Waals surface area contributed by atoms with E-state index in [9.17, 15) is 9.18 Å². The number of para-hydroxylation sites is 1. The number of hydrogen-bond donors (Lipinski definition) is 1. The Balaban J connectivity index is 1.74. The second kappa shape index (κ2) is 7.27. The highest BCUT2D eigenvalue weighted by atomic mass is 32.2. The summed E-state index contributed by atoms with van der Waals surface area (Å²) >= 11 is 1.33. The molecule has 1 aromatic carbocycles. The zero-order chi connectivity index (χ0) is 16.9. The number of hydrogen-bond acceptors (Lipinski definition) is 4. The molecule has 0 saturated heterocycles. The summed E-state index contributed by atoms with van der Waals surface area (Å²) in [7, 11) is 0. The van der Waals surface area contributed by atoms with E-state index in [1.165, 1.54) is 22.5 Å². The van der Waals surface area contributed by atoms with E-state index >= 15 is 0 Å². The molecule has 24 heavy (non-hydrogen) atoms. The lowest BCUT2D eigenvalue weighted by atomic mass is 10.3. The number of aromatic nitrogens is 3. The van der Waals surface area contributed by atoms with E-state index in [0.29, 0.717) is 17.2 Å². The van der Waals surface area contributed by atoms with Crippen molar-refractivity contribution in [2.75, 3.05) is 11.1 Å². The van der Waals surface area contributed by atoms with Crippen LogP contribution in [0.25, 0.3) is 5.69 Å². The summed E-state index contributed by atoms with van der Waals surface area (Å²) in [4.78, 5) is 16.3. The predicted octanol–water partition coefficient (Wildman–Crippen LogP) is 3.45. The van der Waals surface area contributed by atoms with E-state index in [1.54, 1.807) is 37.4 Å². The van der Waals surface area contributed by atoms with E-state index in [1.807, 2.05) is 18.2 Å². The fourth-order valence-corrected chi connectivity index (χ4v) is 2.81. The number of pyridine rings is 1. The van der Waals surface area contributed by atoms with Crippen LogP contribution in [0.15, 0.2) is 59.8 Å². The Bertz CT molecular complexity index is 851. The lowest BCUT2D eigenvalue weighted by Crippen LogP contribution is -2.17. The van der Waals surface area contributed by atoms with E-state index in [0.717, 1.165) is 5.03 Å². The number of carbonyl (C=O) groups excluding carboxylic acids is 1. The Hall–Kier alpha value is -2.67. The monoisotopic (exact) mass is 342 g/mol. The van der Waals surface area contributed by atoms with Crippen molar-refractivity contribution in [3.8, 4) is 5.69 Å². The molecule has 1 N–H and O–H groups in total. The highest BCUT2D eigenvalue weighted by Crippen LogP contribution is 2.20. The van der Waals surface area contributed by atoms with Crippen molar-refractivity contribution >= 4 is 23.5 Å². The first-order chi connectivity index (χ1) is 11.6. The van der Waals surface area contributed by atoms with Gasteiger partial charge in [0.05, 0.1) is 16.5 Å². The molecule has 0 radical (unpaired) electrons. The third kappa shape index (κ3) is 3.80. The van der Waals surface area contributed by atoms with Gasteiger partial charge in [0.15, 0.2) is 0 Å². The van der Waals surface area contributed by atoms with Crippen LogP contribution in [0.2, 0.25) is 0 Å². The van der Waals surface area contributed by atoms with Crippen molar-refractivity contribution in [3.63, 3.8) is 0 Å². The van der Waals surface area contributed by atoms with E-state index in [-0.39, 0.29) is 11.7 Å². The number of halogens is 1. The van der Waals surface area contributed by atoms with Gasteiger partial charge in [-0.15, -0.1) is 0 Å². The largest absolute Gasteiger partial charge is 0.310 e. The topological polar surface area (TPSA) is 59.8 Å². The van der Waals surface area contributed by atoms with E-state index in [2.05, 4.69) is 15.4 Å². The number of carbonyl (C=O) groups is 1. The number of anilines is 1. The molecule has 3 aromatic rings. The van der Waals surface area contributed by atoms with Crippen molar-refractivity contribution in [2.24, 2.45) is 0 Å². The quantitative estimate of drug-likeness (QED) is 0.722. The zero-order valence-electron chi connectivity index (χ0n) is 12.9. The summed E-state index contributed by atoms with van der Waals surface area (Å²) in [5.41, 5.74) is 0.976. The van der Waals surface area contributed by atoms with Crippen LogP contribution in [0.5, 0.6) is 0 Å². The normalized spacial score (nSPS) is 10.6. The number of nitrogens with one attached hydrogen (secondary N) is 1. The fraction of sp³-hybridized carbons (Fsp3) is 0.118. The van der Waals surface area contributed by atoms with Gasteiger partial charge in [0.1, 0.15) is 17.3 Å². The van der Waals surface area contributed by atoms with Crippen LogP contribution in [-0.2, 0) is 4.79 Å². The molecule has 0 aliphatic heterocycles. The molecular formula is C17H15FN4OS. The van der Waals surface area contributed by atoms with Crippen molar-refractivity contribution in [1.29, 1.82) is 0 Å². The maximum Gasteiger partial charge on any atom is 0.235 e. The van der Waals surface area contributed by atoms with E-state index < -0.39 is 5.82 Å². The number of thioether (sulfide) groups is 1. The Morgan fingerprint density at radius 3 is 2.79 bits per heavy atom. The molecule has 0 bridgehead atoms. The lowest BCUT2D eigenvalue weighted by molar-refractivity contribution is -0.113. The minimum Gasteiger partial charge on any atom is -0.310 e. The second-order valence-electron chi connectivity index (χ2n) is 5.04. The maximum atomic E-state index is 14.0. The average Bonchev–Trinajstić information content (AvgIpc) is 2.94. The summed E-state index contributed by atoms with van der Waals surface area (Å²) < 4.78 is 15.4. The summed E-state index contributed by atoms with van der Waals surface area (Å²) in [6.45, 7) is 1.79. The van der Waals surface area contributed by atoms with Gasteiger partial charge < -0.3 is 5.32 Å². The highest BCUT2D eigenvalue weighted by molar-refractivity contribution is 7.99. The standard InChI is InChI=1S/C17H15FN4OS/c1-12-10-15(22(21-12)14-7-3-2-6-13(14)18)20-16(23)11-24-17-8-4-5-9-19-17/h2-10H,11H2,1H3,(H,20,23). The van der Waals surface area contributed by atoms with Gasteiger partial charge in [-0.05, 0) is 31.2 Å². The van der Waals surface area contributed by atoms with Crippen molar-refractivity contribution < 1.29 is 9.18 Å². The predicted molar refractivity (Wildman–Crippen MR) is 91.8 cm³/mol. The molecule has 0 aliphatic rings. The minimum absolute atomic E-state index is 0.205. The summed E-state index contributed by atoms with van der Waals surface area (Å²) in [5, 5.41) is 7.80. The zero-order valence-corrected chi connectivity index (χ0v) is 13.8. The molecule has 0 spiro atoms. The first kappa shape index (κ1) is 16.2. The molecule has 2 aromatic heterocycles. The first-order valence-electron chi connectivity index (χ1n) is 7.29. The molecule has 3 rings (SSSR count). The van der Waals surface area contributed by atoms with Gasteiger partial charge in [0.25, 0.3) is 0 Å². The van der Waals surface area contributed by atoms with Gasteiger partial charge in [0.2, 0.25) is 5.91 Å². The summed E-state index contributed by atoms with van der Waals surface area (Å²) in [6, 6.07) is 13.5. The second-order valence-corrected chi connectivity index (χ2v) is 6.03. The number of nitrogens with zero attached hydrogens (tertiary/aromatic N) is 3. The molecule has 5 nitrogen and oxygen atoms in total. The van der Waals surface area contributed by atoms with Crippen LogP contribution in [0.1, 0.15) is 5.69 Å². The smallest absolute Gasteiger partial charge is 0.235 e. The van der Waals surface area contributed by atoms with Gasteiger partial charge in [0, 0.05) is 12.3 Å². The average molecular weight is 342 g/mol. The van der Waals surface area contributed by atoms with Gasteiger partial charge in [-0.25, -0.2) is 14.1 Å². The number of benzene rings is 1. The summed E-state index contributed by atoms with van der Waals surface area (Å²) in [6.07, 6.45) is 1.68. The van der Waals surface area contributed by atoms with Crippen molar-refractivity contribution in [2.45, 2.75) is 11.9 Å². The van der Waals surface area contributed by atoms with Gasteiger partial charge in [-0.1, -0.05) is 30.0 Å². The fourth-order valence-electron chi connectivity index (χ4n) is 2.15. The van der Waals surface area contributed by atoms with Crippen molar-refractivity contribution in [1.82, 2.24) is 14.8 Å². The molecule has 2 heterocycles. The van der Waals surface area contributed by atoms with Crippen LogP contribution < -0.4 is 5.32 Å². The third-order valence-corrected chi connectivity index (χ3v) is 4.11. The number of amides is 1. The van der Waals surface area contributed by atoms with Gasteiger partial charge >= 0.3 is 0 Å². The Kier molecular flexibility index (Phi) is 4.90. The molecule has 122 valence electrons. The molecule has 1 amide bonds. The Morgan fingerprint density at radius 2 is 2.04 bits per heavy atom. The third-order valence-electron chi connectivity index (χ3n) is 3.17. The Morgan fingerprint density at radius 1 is 1.25 bits per heavy atom. The lowest BCUT2D eigenvalue weighted by Gasteiger charge is -2.09. The molecule has 0 atom stereocenters. The first-order valence-corrected chi connectivity index (χ1v) is 8.27. The van der Waals surface area contributed by atoms with Crippen LogP contribution >= 0.6 is 11.8 Å². The van der Waals surface area contributed by atoms with E-state index in [4.69, 9.17) is 0 Å². The van der Waals surface area contributed by atoms with Crippen LogP contribution in [-0.4, -0.2) is 26.4 Å². The van der Waals surface area contributed by atoms with Crippen molar-refractivity contribution in [3.05, 3.63) is 66.2 Å². The molecule has 0 saturated carbocycles. The van der Waals surface area contributed by atoms with Gasteiger partial charge in [-0.2, -0.15) is 5.10 Å². The minimum atomic E-state index is -0.404. The maximum absolute atomic E-state index is 14.0. The molecule has 0 unspecified atom stereocenters. The molecule has 0 fully saturated rings. The molecular weight excluding hydrogens is 327 g/mol. The molecule has 7 heteroatoms. The SMILES string of the molecule is Cc1cc(NC(=O)CSc2ccccn2)n(-c2ccccc2F)n1. The number of rotatable bonds is 5. The highest BCUT2D eigenvalue weighted by Gasteiger charge is 2.13. The van der Waals surface area contributed by atoms with Crippen LogP contribution in [0.3, 0.4) is 0 Å². The number of aryl methyl sites for hydroxylation is 1. The Labute approximate surface area is 142 Å². The van der Waals surface area contributed by atoms with Crippen LogP contribution in [0, 0.1) is 12.7 Å². The van der Waals surface area contributed by atoms with Gasteiger partial charge in [-0.3, -0.25) is 4.79 Å². The van der Waals surface area contributed by atoms with Crippen LogP contribution in [0.4, 0.5) is 10.2 Å².